The Balaban J connectivity index is 1.41. The molecule has 36 heavy (non-hydrogen) atoms. The van der Waals surface area contributed by atoms with E-state index in [-0.39, 0.29) is 24.4 Å². The summed E-state index contributed by atoms with van der Waals surface area (Å²) in [5, 5.41) is 0.880. The van der Waals surface area contributed by atoms with Crippen LogP contribution in [-0.2, 0) is 17.8 Å². The fourth-order valence-electron chi connectivity index (χ4n) is 4.67. The molecule has 0 spiro atoms. The van der Waals surface area contributed by atoms with Crippen molar-refractivity contribution in [2.24, 2.45) is 0 Å². The van der Waals surface area contributed by atoms with Gasteiger partial charge in [0.1, 0.15) is 23.7 Å². The van der Waals surface area contributed by atoms with Crippen LogP contribution in [-0.4, -0.2) is 64.9 Å². The maximum Gasteiger partial charge on any atom is 0.270 e. The van der Waals surface area contributed by atoms with Crippen molar-refractivity contribution < 1.29 is 19.1 Å². The molecule has 8 nitrogen and oxygen atoms in total. The number of hydrogen-bond donors (Lipinski definition) is 1. The van der Waals surface area contributed by atoms with Crippen LogP contribution in [0.15, 0.2) is 72.9 Å². The van der Waals surface area contributed by atoms with E-state index < -0.39 is 0 Å². The van der Waals surface area contributed by atoms with E-state index in [1.165, 1.54) is 0 Å². The molecule has 1 saturated heterocycles. The van der Waals surface area contributed by atoms with Gasteiger partial charge in [-0.1, -0.05) is 18.2 Å². The maximum atomic E-state index is 13.5. The number of fused-ring (bicyclic) bond motifs is 1. The van der Waals surface area contributed by atoms with Gasteiger partial charge in [-0.15, -0.1) is 0 Å². The third kappa shape index (κ3) is 4.88. The zero-order valence-corrected chi connectivity index (χ0v) is 20.3. The van der Waals surface area contributed by atoms with Gasteiger partial charge in [-0.2, -0.15) is 0 Å². The van der Waals surface area contributed by atoms with Crippen molar-refractivity contribution in [2.75, 3.05) is 27.3 Å². The number of aromatic amines is 1. The Hall–Kier alpha value is -4.33. The first-order valence-electron chi connectivity index (χ1n) is 11.8. The van der Waals surface area contributed by atoms with Gasteiger partial charge in [-0.05, 0) is 54.1 Å². The molecular formula is C28H28N4O4. The van der Waals surface area contributed by atoms with Crippen LogP contribution in [0.2, 0.25) is 0 Å². The largest absolute Gasteiger partial charge is 0.497 e. The molecule has 2 amide bonds. The summed E-state index contributed by atoms with van der Waals surface area (Å²) in [6, 6.07) is 20.6. The first-order valence-corrected chi connectivity index (χ1v) is 11.8. The minimum atomic E-state index is -0.222. The van der Waals surface area contributed by atoms with Crippen molar-refractivity contribution in [3.8, 4) is 11.5 Å². The minimum Gasteiger partial charge on any atom is -0.497 e. The summed E-state index contributed by atoms with van der Waals surface area (Å²) in [4.78, 5) is 38.0. The number of benzene rings is 2. The Morgan fingerprint density at radius 1 is 1.03 bits per heavy atom. The second kappa shape index (κ2) is 10.1. The van der Waals surface area contributed by atoms with Gasteiger partial charge in [0.2, 0.25) is 5.91 Å². The van der Waals surface area contributed by atoms with Gasteiger partial charge in [0.25, 0.3) is 5.91 Å². The Labute approximate surface area is 209 Å². The number of carbonyl (C=O) groups excluding carboxylic acids is 2. The molecule has 1 N–H and O–H groups in total. The topological polar surface area (TPSA) is 87.8 Å². The summed E-state index contributed by atoms with van der Waals surface area (Å²) in [7, 11) is 3.23. The first-order chi connectivity index (χ1) is 17.5. The molecule has 0 unspecified atom stereocenters. The lowest BCUT2D eigenvalue weighted by molar-refractivity contribution is -0.139. The lowest BCUT2D eigenvalue weighted by Crippen LogP contribution is -2.58. The van der Waals surface area contributed by atoms with Crippen molar-refractivity contribution in [3.05, 3.63) is 89.9 Å². The number of carbonyl (C=O) groups is 2. The molecule has 1 atom stereocenters. The number of ether oxygens (including phenoxy) is 2. The Morgan fingerprint density at radius 3 is 2.64 bits per heavy atom. The van der Waals surface area contributed by atoms with Crippen LogP contribution in [0.5, 0.6) is 11.5 Å². The highest BCUT2D eigenvalue weighted by Gasteiger charge is 2.35. The van der Waals surface area contributed by atoms with E-state index in [0.717, 1.165) is 33.7 Å². The fourth-order valence-corrected chi connectivity index (χ4v) is 4.67. The number of amides is 2. The van der Waals surface area contributed by atoms with Crippen LogP contribution in [0.1, 0.15) is 21.7 Å². The molecule has 1 aliphatic heterocycles. The predicted molar refractivity (Wildman–Crippen MR) is 136 cm³/mol. The predicted octanol–water partition coefficient (Wildman–Crippen LogP) is 3.68. The van der Waals surface area contributed by atoms with E-state index in [2.05, 4.69) is 9.97 Å². The molecule has 184 valence electrons. The Bertz CT molecular complexity index is 1380. The third-order valence-corrected chi connectivity index (χ3v) is 6.52. The van der Waals surface area contributed by atoms with Gasteiger partial charge >= 0.3 is 0 Å². The number of pyridine rings is 1. The quantitative estimate of drug-likeness (QED) is 0.432. The van der Waals surface area contributed by atoms with E-state index in [1.807, 2.05) is 65.6 Å². The van der Waals surface area contributed by atoms with Gasteiger partial charge in [0.15, 0.2) is 0 Å². The fraction of sp³-hybridized carbons (Fsp3) is 0.250. The van der Waals surface area contributed by atoms with Crippen molar-refractivity contribution in [2.45, 2.75) is 19.0 Å². The molecule has 1 aliphatic rings. The van der Waals surface area contributed by atoms with Crippen LogP contribution in [0.4, 0.5) is 0 Å². The monoisotopic (exact) mass is 484 g/mol. The zero-order valence-electron chi connectivity index (χ0n) is 20.3. The summed E-state index contributed by atoms with van der Waals surface area (Å²) in [6.07, 6.45) is 2.29. The van der Waals surface area contributed by atoms with E-state index in [4.69, 9.17) is 9.47 Å². The van der Waals surface area contributed by atoms with Crippen LogP contribution < -0.4 is 9.47 Å². The molecule has 3 heterocycles. The van der Waals surface area contributed by atoms with Gasteiger partial charge in [-0.25, -0.2) is 0 Å². The van der Waals surface area contributed by atoms with E-state index in [9.17, 15) is 9.59 Å². The number of methoxy groups -OCH3 is 2. The molecule has 2 aromatic carbocycles. The average Bonchev–Trinajstić information content (AvgIpc) is 3.34. The number of aromatic nitrogens is 2. The lowest BCUT2D eigenvalue weighted by Gasteiger charge is -2.41. The van der Waals surface area contributed by atoms with E-state index >= 15 is 0 Å². The molecule has 0 saturated carbocycles. The molecule has 2 aromatic heterocycles. The Kier molecular flexibility index (Phi) is 6.58. The summed E-state index contributed by atoms with van der Waals surface area (Å²) in [5.74, 6) is 1.16. The maximum absolute atomic E-state index is 13.5. The third-order valence-electron chi connectivity index (χ3n) is 6.52. The molecule has 0 aliphatic carbocycles. The first kappa shape index (κ1) is 23.4. The molecular weight excluding hydrogens is 456 g/mol. The highest BCUT2D eigenvalue weighted by molar-refractivity contribution is 6.00. The SMILES string of the molecule is COc1cccc(CN2C(=O)CN(C(=O)c3cc4cc(OC)ccc4[nH]3)C[C@@H]2Cc2ccccn2)c1. The zero-order chi connectivity index (χ0) is 25.1. The van der Waals surface area contributed by atoms with Crippen molar-refractivity contribution in [1.29, 1.82) is 0 Å². The minimum absolute atomic E-state index is 0.0141. The number of H-pyrrole nitrogens is 1. The van der Waals surface area contributed by atoms with Gasteiger partial charge in [0.05, 0.1) is 20.3 Å². The standard InChI is InChI=1S/C28H28N4O4/c1-35-23-8-5-6-19(12-23)16-32-22(15-21-7-3-4-11-29-21)17-31(18-27(32)33)28(34)26-14-20-13-24(36-2)9-10-25(20)30-26/h3-14,22,30H,15-18H2,1-2H3/t22-/m0/s1. The highest BCUT2D eigenvalue weighted by Crippen LogP contribution is 2.25. The van der Waals surface area contributed by atoms with Crippen molar-refractivity contribution in [1.82, 2.24) is 19.8 Å². The van der Waals surface area contributed by atoms with Crippen LogP contribution in [0, 0.1) is 0 Å². The molecule has 8 heteroatoms. The summed E-state index contributed by atoms with van der Waals surface area (Å²) < 4.78 is 10.6. The van der Waals surface area contributed by atoms with Gasteiger partial charge < -0.3 is 24.3 Å². The van der Waals surface area contributed by atoms with Crippen molar-refractivity contribution in [3.63, 3.8) is 0 Å². The van der Waals surface area contributed by atoms with Crippen LogP contribution in [0.3, 0.4) is 0 Å². The van der Waals surface area contributed by atoms with E-state index in [1.54, 1.807) is 31.4 Å². The van der Waals surface area contributed by atoms with E-state index in [0.29, 0.717) is 25.2 Å². The number of nitrogens with one attached hydrogen (secondary N) is 1. The normalized spacial score (nSPS) is 15.8. The smallest absolute Gasteiger partial charge is 0.270 e. The number of nitrogens with zero attached hydrogens (tertiary/aromatic N) is 3. The highest BCUT2D eigenvalue weighted by atomic mass is 16.5. The average molecular weight is 485 g/mol. The van der Waals surface area contributed by atoms with Crippen molar-refractivity contribution >= 4 is 22.7 Å². The summed E-state index contributed by atoms with van der Waals surface area (Å²) in [6.45, 7) is 0.853. The number of hydrogen-bond acceptors (Lipinski definition) is 5. The Morgan fingerprint density at radius 2 is 1.86 bits per heavy atom. The molecule has 1 fully saturated rings. The number of rotatable bonds is 7. The molecule has 5 rings (SSSR count). The van der Waals surface area contributed by atoms with Gasteiger partial charge in [-0.3, -0.25) is 14.6 Å². The summed E-state index contributed by atoms with van der Waals surface area (Å²) >= 11 is 0. The molecule has 0 bridgehead atoms. The summed E-state index contributed by atoms with van der Waals surface area (Å²) in [5.41, 5.74) is 3.13. The second-order valence-corrected chi connectivity index (χ2v) is 8.87. The van der Waals surface area contributed by atoms with Crippen LogP contribution in [0.25, 0.3) is 10.9 Å². The molecule has 0 radical (unpaired) electrons. The lowest BCUT2D eigenvalue weighted by atomic mass is 10.0. The van der Waals surface area contributed by atoms with Gasteiger partial charge in [0, 0.05) is 42.3 Å². The molecule has 4 aromatic rings. The second-order valence-electron chi connectivity index (χ2n) is 8.87. The number of piperazine rings is 1. The van der Waals surface area contributed by atoms with Crippen LogP contribution >= 0.6 is 0 Å².